The summed E-state index contributed by atoms with van der Waals surface area (Å²) in [5.74, 6) is 0. The molecule has 0 aliphatic rings. The quantitative estimate of drug-likeness (QED) is 0.791. The Morgan fingerprint density at radius 2 is 2.35 bits per heavy atom. The lowest BCUT2D eigenvalue weighted by atomic mass is 10.1. The molecule has 6 heteroatoms. The predicted octanol–water partition coefficient (Wildman–Crippen LogP) is 2.44. The van der Waals surface area contributed by atoms with Crippen molar-refractivity contribution < 1.29 is 5.11 Å². The summed E-state index contributed by atoms with van der Waals surface area (Å²) in [6.45, 7) is 1.92. The number of aryl methyl sites for hydroxylation is 1. The molecule has 3 rings (SSSR count). The van der Waals surface area contributed by atoms with E-state index in [1.807, 2.05) is 29.1 Å². The normalized spacial score (nSPS) is 13.3. The van der Waals surface area contributed by atoms with Crippen molar-refractivity contribution in [2.75, 3.05) is 0 Å². The first-order chi connectivity index (χ1) is 8.24. The largest absolute Gasteiger partial charge is 0.387 e. The molecule has 0 amide bonds. The van der Waals surface area contributed by atoms with Gasteiger partial charge in [0.15, 0.2) is 4.96 Å². The minimum Gasteiger partial charge on any atom is -0.387 e. The van der Waals surface area contributed by atoms with Crippen molar-refractivity contribution >= 4 is 27.6 Å². The van der Waals surface area contributed by atoms with Crippen LogP contribution in [0.4, 0.5) is 0 Å². The minimum atomic E-state index is -0.507. The van der Waals surface area contributed by atoms with E-state index >= 15 is 0 Å². The lowest BCUT2D eigenvalue weighted by Crippen LogP contribution is -2.01. The molecular formula is C11H11N3OS2. The van der Waals surface area contributed by atoms with Crippen LogP contribution in [0.15, 0.2) is 23.3 Å². The molecule has 0 aliphatic heterocycles. The van der Waals surface area contributed by atoms with E-state index in [9.17, 15) is 5.11 Å². The Balaban J connectivity index is 1.83. The Hall–Kier alpha value is -1.24. The molecule has 0 bridgehead atoms. The first-order valence-electron chi connectivity index (χ1n) is 5.23. The first-order valence-corrected chi connectivity index (χ1v) is 6.99. The highest BCUT2D eigenvalue weighted by molar-refractivity contribution is 7.15. The van der Waals surface area contributed by atoms with Gasteiger partial charge in [-0.05, 0) is 6.92 Å². The Bertz CT molecular complexity index is 611. The number of aliphatic hydroxyl groups excluding tert-OH is 1. The van der Waals surface area contributed by atoms with Gasteiger partial charge in [-0.25, -0.2) is 9.97 Å². The summed E-state index contributed by atoms with van der Waals surface area (Å²) < 4.78 is 1.98. The number of hydrogen-bond acceptors (Lipinski definition) is 5. The van der Waals surface area contributed by atoms with E-state index in [1.54, 1.807) is 16.8 Å². The Morgan fingerprint density at radius 1 is 1.47 bits per heavy atom. The van der Waals surface area contributed by atoms with Crippen molar-refractivity contribution in [3.8, 4) is 0 Å². The maximum Gasteiger partial charge on any atom is 0.193 e. The molecule has 4 nitrogen and oxygen atoms in total. The van der Waals surface area contributed by atoms with E-state index in [0.717, 1.165) is 21.2 Å². The highest BCUT2D eigenvalue weighted by Gasteiger charge is 2.15. The zero-order valence-corrected chi connectivity index (χ0v) is 10.8. The molecule has 3 heterocycles. The fourth-order valence-electron chi connectivity index (χ4n) is 1.80. The SMILES string of the molecule is Cc1ncsc1C(O)Cc1cn2ccsc2n1. The minimum absolute atomic E-state index is 0.507. The summed E-state index contributed by atoms with van der Waals surface area (Å²) in [4.78, 5) is 10.5. The van der Waals surface area contributed by atoms with Gasteiger partial charge in [-0.2, -0.15) is 0 Å². The molecule has 88 valence electrons. The third-order valence-corrected chi connectivity index (χ3v) is 4.43. The Morgan fingerprint density at radius 3 is 3.06 bits per heavy atom. The van der Waals surface area contributed by atoms with Crippen LogP contribution in [-0.4, -0.2) is 19.5 Å². The van der Waals surface area contributed by atoms with Crippen LogP contribution in [0.3, 0.4) is 0 Å². The highest BCUT2D eigenvalue weighted by Crippen LogP contribution is 2.25. The zero-order chi connectivity index (χ0) is 11.8. The number of imidazole rings is 1. The molecule has 0 saturated heterocycles. The van der Waals surface area contributed by atoms with Crippen LogP contribution < -0.4 is 0 Å². The van der Waals surface area contributed by atoms with Crippen LogP contribution in [0, 0.1) is 6.92 Å². The maximum atomic E-state index is 10.1. The third-order valence-electron chi connectivity index (χ3n) is 2.63. The summed E-state index contributed by atoms with van der Waals surface area (Å²) in [5, 5.41) is 12.1. The second kappa shape index (κ2) is 4.21. The highest BCUT2D eigenvalue weighted by atomic mass is 32.1. The number of rotatable bonds is 3. The van der Waals surface area contributed by atoms with Gasteiger partial charge < -0.3 is 5.11 Å². The zero-order valence-electron chi connectivity index (χ0n) is 9.20. The van der Waals surface area contributed by atoms with Gasteiger partial charge in [0.2, 0.25) is 0 Å². The van der Waals surface area contributed by atoms with Crippen LogP contribution in [-0.2, 0) is 6.42 Å². The fraction of sp³-hybridized carbons (Fsp3) is 0.273. The monoisotopic (exact) mass is 265 g/mol. The molecule has 1 atom stereocenters. The van der Waals surface area contributed by atoms with Gasteiger partial charge in [-0.15, -0.1) is 22.7 Å². The van der Waals surface area contributed by atoms with Crippen molar-refractivity contribution in [3.63, 3.8) is 0 Å². The molecule has 0 fully saturated rings. The molecule has 3 aromatic heterocycles. The third kappa shape index (κ3) is 1.99. The van der Waals surface area contributed by atoms with Crippen LogP contribution in [0.5, 0.6) is 0 Å². The maximum absolute atomic E-state index is 10.1. The Kier molecular flexibility index (Phi) is 2.70. The number of fused-ring (bicyclic) bond motifs is 1. The second-order valence-corrected chi connectivity index (χ2v) is 5.61. The first kappa shape index (κ1) is 10.9. The standard InChI is InChI=1S/C11H11N3OS2/c1-7-10(17-6-12-7)9(15)4-8-5-14-2-3-16-11(14)13-8/h2-3,5-6,9,15H,4H2,1H3. The van der Waals surface area contributed by atoms with Crippen LogP contribution >= 0.6 is 22.7 Å². The molecule has 0 saturated carbocycles. The van der Waals surface area contributed by atoms with E-state index in [2.05, 4.69) is 9.97 Å². The van der Waals surface area contributed by atoms with Crippen molar-refractivity contribution in [1.29, 1.82) is 0 Å². The van der Waals surface area contributed by atoms with Crippen molar-refractivity contribution in [1.82, 2.24) is 14.4 Å². The van der Waals surface area contributed by atoms with Gasteiger partial charge >= 0.3 is 0 Å². The van der Waals surface area contributed by atoms with Crippen LogP contribution in [0.1, 0.15) is 22.4 Å². The lowest BCUT2D eigenvalue weighted by Gasteiger charge is -2.06. The van der Waals surface area contributed by atoms with E-state index in [1.165, 1.54) is 11.3 Å². The number of aliphatic hydroxyl groups is 1. The summed E-state index contributed by atoms with van der Waals surface area (Å²) in [6, 6.07) is 0. The lowest BCUT2D eigenvalue weighted by molar-refractivity contribution is 0.180. The molecule has 1 unspecified atom stereocenters. The average molecular weight is 265 g/mol. The van der Waals surface area contributed by atoms with E-state index in [4.69, 9.17) is 0 Å². The van der Waals surface area contributed by atoms with E-state index in [0.29, 0.717) is 6.42 Å². The van der Waals surface area contributed by atoms with Gasteiger partial charge in [-0.3, -0.25) is 4.40 Å². The average Bonchev–Trinajstić information content (AvgIpc) is 2.92. The van der Waals surface area contributed by atoms with Crippen molar-refractivity contribution in [3.05, 3.63) is 39.5 Å². The van der Waals surface area contributed by atoms with Gasteiger partial charge in [0, 0.05) is 24.2 Å². The molecular weight excluding hydrogens is 254 g/mol. The van der Waals surface area contributed by atoms with Gasteiger partial charge in [0.05, 0.1) is 27.9 Å². The number of thiazole rings is 2. The molecule has 0 spiro atoms. The Labute approximate surface area is 106 Å². The van der Waals surface area contributed by atoms with Crippen molar-refractivity contribution in [2.24, 2.45) is 0 Å². The summed E-state index contributed by atoms with van der Waals surface area (Å²) >= 11 is 3.09. The van der Waals surface area contributed by atoms with Gasteiger partial charge in [-0.1, -0.05) is 0 Å². The molecule has 0 aromatic carbocycles. The number of hydrogen-bond donors (Lipinski definition) is 1. The van der Waals surface area contributed by atoms with Crippen LogP contribution in [0.25, 0.3) is 4.96 Å². The second-order valence-electron chi connectivity index (χ2n) is 3.85. The molecule has 17 heavy (non-hydrogen) atoms. The molecule has 1 N–H and O–H groups in total. The molecule has 0 aliphatic carbocycles. The predicted molar refractivity (Wildman–Crippen MR) is 68.6 cm³/mol. The number of aromatic nitrogens is 3. The van der Waals surface area contributed by atoms with Crippen molar-refractivity contribution in [2.45, 2.75) is 19.4 Å². The smallest absolute Gasteiger partial charge is 0.193 e. The molecule has 3 aromatic rings. The van der Waals surface area contributed by atoms with E-state index < -0.39 is 6.10 Å². The van der Waals surface area contributed by atoms with Gasteiger partial charge in [0.25, 0.3) is 0 Å². The topological polar surface area (TPSA) is 50.4 Å². The van der Waals surface area contributed by atoms with Crippen LogP contribution in [0.2, 0.25) is 0 Å². The summed E-state index contributed by atoms with van der Waals surface area (Å²) in [6.07, 6.45) is 3.97. The van der Waals surface area contributed by atoms with E-state index in [-0.39, 0.29) is 0 Å². The molecule has 0 radical (unpaired) electrons. The summed E-state index contributed by atoms with van der Waals surface area (Å²) in [7, 11) is 0. The fourth-order valence-corrected chi connectivity index (χ4v) is 3.30. The summed E-state index contributed by atoms with van der Waals surface area (Å²) in [5.41, 5.74) is 3.58. The number of nitrogens with zero attached hydrogens (tertiary/aromatic N) is 3. The van der Waals surface area contributed by atoms with Gasteiger partial charge in [0.1, 0.15) is 0 Å².